The van der Waals surface area contributed by atoms with E-state index in [0.29, 0.717) is 17.7 Å². The van der Waals surface area contributed by atoms with Crippen LogP contribution in [0.25, 0.3) is 0 Å². The molecular formula is C14H20ClF3N2O. The highest BCUT2D eigenvalue weighted by molar-refractivity contribution is 5.85. The van der Waals surface area contributed by atoms with Gasteiger partial charge in [-0.15, -0.1) is 12.4 Å². The summed E-state index contributed by atoms with van der Waals surface area (Å²) >= 11 is 0. The minimum Gasteiger partial charge on any atom is -0.399 e. The molecule has 2 N–H and O–H groups in total. The number of benzene rings is 1. The normalized spacial score (nSPS) is 10.9. The predicted molar refractivity (Wildman–Crippen MR) is 79.3 cm³/mol. The summed E-state index contributed by atoms with van der Waals surface area (Å²) in [6.45, 7) is 0.806. The lowest BCUT2D eigenvalue weighted by Crippen LogP contribution is -2.40. The van der Waals surface area contributed by atoms with E-state index in [9.17, 15) is 18.0 Å². The van der Waals surface area contributed by atoms with E-state index in [1.165, 1.54) is 0 Å². The third kappa shape index (κ3) is 7.80. The van der Waals surface area contributed by atoms with Crippen LogP contribution >= 0.6 is 12.4 Å². The van der Waals surface area contributed by atoms with Gasteiger partial charge < -0.3 is 10.6 Å². The van der Waals surface area contributed by atoms with Gasteiger partial charge >= 0.3 is 6.18 Å². The quantitative estimate of drug-likeness (QED) is 0.815. The summed E-state index contributed by atoms with van der Waals surface area (Å²) in [7, 11) is 0. The van der Waals surface area contributed by atoms with Crippen molar-refractivity contribution in [3.63, 3.8) is 0 Å². The van der Waals surface area contributed by atoms with Crippen molar-refractivity contribution in [2.45, 2.75) is 32.4 Å². The Morgan fingerprint density at radius 1 is 1.24 bits per heavy atom. The summed E-state index contributed by atoms with van der Waals surface area (Å²) in [4.78, 5) is 12.9. The van der Waals surface area contributed by atoms with E-state index < -0.39 is 18.6 Å². The Hall–Kier alpha value is -1.43. The lowest BCUT2D eigenvalue weighted by atomic mass is 10.1. The monoisotopic (exact) mass is 324 g/mol. The first-order valence-electron chi connectivity index (χ1n) is 6.50. The second kappa shape index (κ2) is 8.77. The molecule has 0 aromatic heterocycles. The first-order chi connectivity index (χ1) is 9.31. The van der Waals surface area contributed by atoms with E-state index in [1.54, 1.807) is 24.3 Å². The van der Waals surface area contributed by atoms with Gasteiger partial charge in [0.15, 0.2) is 0 Å². The zero-order valence-corrected chi connectivity index (χ0v) is 12.6. The van der Waals surface area contributed by atoms with Crippen LogP contribution in [0.2, 0.25) is 0 Å². The molecule has 0 aliphatic heterocycles. The van der Waals surface area contributed by atoms with Gasteiger partial charge in [0.25, 0.3) is 0 Å². The fourth-order valence-corrected chi connectivity index (χ4v) is 1.78. The molecule has 3 nitrogen and oxygen atoms in total. The minimum absolute atomic E-state index is 0. The number of hydrogen-bond donors (Lipinski definition) is 1. The molecule has 0 bridgehead atoms. The van der Waals surface area contributed by atoms with Crippen molar-refractivity contribution in [2.75, 3.05) is 18.8 Å². The van der Waals surface area contributed by atoms with Gasteiger partial charge in [-0.2, -0.15) is 13.2 Å². The number of halogens is 4. The Morgan fingerprint density at radius 2 is 1.81 bits per heavy atom. The van der Waals surface area contributed by atoms with E-state index >= 15 is 0 Å². The molecule has 1 rings (SSSR count). The molecule has 0 aliphatic rings. The highest BCUT2D eigenvalue weighted by Gasteiger charge is 2.32. The second-order valence-corrected chi connectivity index (χ2v) is 4.70. The van der Waals surface area contributed by atoms with E-state index in [-0.39, 0.29) is 25.4 Å². The SMILES string of the molecule is CCCCN(CC(F)(F)F)C(=O)Cc1ccc(N)cc1.Cl. The van der Waals surface area contributed by atoms with Gasteiger partial charge in [-0.1, -0.05) is 25.5 Å². The van der Waals surface area contributed by atoms with E-state index in [1.807, 2.05) is 6.92 Å². The maximum absolute atomic E-state index is 12.5. The van der Waals surface area contributed by atoms with Crippen LogP contribution in [0.1, 0.15) is 25.3 Å². The Bertz CT molecular complexity index is 435. The first kappa shape index (κ1) is 19.6. The van der Waals surface area contributed by atoms with Crippen molar-refractivity contribution >= 4 is 24.0 Å². The summed E-state index contributed by atoms with van der Waals surface area (Å²) in [6, 6.07) is 6.56. The smallest absolute Gasteiger partial charge is 0.399 e. The van der Waals surface area contributed by atoms with Crippen LogP contribution in [-0.2, 0) is 11.2 Å². The highest BCUT2D eigenvalue weighted by atomic mass is 35.5. The summed E-state index contributed by atoms with van der Waals surface area (Å²) in [5, 5.41) is 0. The summed E-state index contributed by atoms with van der Waals surface area (Å²) < 4.78 is 37.4. The highest BCUT2D eigenvalue weighted by Crippen LogP contribution is 2.18. The fraction of sp³-hybridized carbons (Fsp3) is 0.500. The first-order valence-corrected chi connectivity index (χ1v) is 6.50. The van der Waals surface area contributed by atoms with Crippen molar-refractivity contribution in [2.24, 2.45) is 0 Å². The number of rotatable bonds is 6. The Morgan fingerprint density at radius 3 is 2.29 bits per heavy atom. The van der Waals surface area contributed by atoms with Gasteiger partial charge in [-0.05, 0) is 24.1 Å². The Kier molecular flexibility index (Phi) is 8.17. The second-order valence-electron chi connectivity index (χ2n) is 4.70. The molecule has 0 fully saturated rings. The topological polar surface area (TPSA) is 46.3 Å². The number of alkyl halides is 3. The minimum atomic E-state index is -4.37. The standard InChI is InChI=1S/C14H19F3N2O.ClH/c1-2-3-8-19(10-14(15,16)17)13(20)9-11-4-6-12(18)7-5-11;/h4-7H,2-3,8-10,18H2,1H3;1H. The van der Waals surface area contributed by atoms with E-state index in [4.69, 9.17) is 5.73 Å². The lowest BCUT2D eigenvalue weighted by molar-refractivity contribution is -0.160. The molecule has 0 aliphatic carbocycles. The number of nitrogens with zero attached hydrogens (tertiary/aromatic N) is 1. The number of carbonyl (C=O) groups excluding carboxylic acids is 1. The van der Waals surface area contributed by atoms with Gasteiger partial charge in [-0.25, -0.2) is 0 Å². The van der Waals surface area contributed by atoms with Crippen LogP contribution in [0, 0.1) is 0 Å². The van der Waals surface area contributed by atoms with Crippen LogP contribution in [0.5, 0.6) is 0 Å². The predicted octanol–water partition coefficient (Wildman–Crippen LogP) is 3.42. The molecule has 0 spiro atoms. The van der Waals surface area contributed by atoms with Gasteiger partial charge in [0.1, 0.15) is 6.54 Å². The van der Waals surface area contributed by atoms with Crippen LogP contribution < -0.4 is 5.73 Å². The molecular weight excluding hydrogens is 305 g/mol. The number of nitrogen functional groups attached to an aromatic ring is 1. The van der Waals surface area contributed by atoms with Crippen molar-refractivity contribution in [3.05, 3.63) is 29.8 Å². The molecule has 7 heteroatoms. The Balaban J connectivity index is 0.00000400. The molecule has 0 radical (unpaired) electrons. The van der Waals surface area contributed by atoms with Gasteiger partial charge in [0.05, 0.1) is 6.42 Å². The molecule has 0 unspecified atom stereocenters. The molecule has 1 aromatic carbocycles. The van der Waals surface area contributed by atoms with E-state index in [0.717, 1.165) is 11.3 Å². The molecule has 0 saturated heterocycles. The van der Waals surface area contributed by atoms with Crippen molar-refractivity contribution < 1.29 is 18.0 Å². The van der Waals surface area contributed by atoms with Gasteiger partial charge in [0, 0.05) is 12.2 Å². The maximum atomic E-state index is 12.5. The average Bonchev–Trinajstić information content (AvgIpc) is 2.36. The number of amides is 1. The zero-order chi connectivity index (χ0) is 15.2. The summed E-state index contributed by atoms with van der Waals surface area (Å²) in [6.07, 6.45) is -3.11. The Labute approximate surface area is 128 Å². The van der Waals surface area contributed by atoms with Crippen LogP contribution in [0.4, 0.5) is 18.9 Å². The average molecular weight is 325 g/mol. The molecule has 1 amide bonds. The van der Waals surface area contributed by atoms with Crippen LogP contribution in [0.3, 0.4) is 0 Å². The van der Waals surface area contributed by atoms with E-state index in [2.05, 4.69) is 0 Å². The zero-order valence-electron chi connectivity index (χ0n) is 11.8. The number of unbranched alkanes of at least 4 members (excludes halogenated alkanes) is 1. The van der Waals surface area contributed by atoms with Crippen LogP contribution in [-0.4, -0.2) is 30.1 Å². The summed E-state index contributed by atoms with van der Waals surface area (Å²) in [5.74, 6) is -0.513. The van der Waals surface area contributed by atoms with Crippen molar-refractivity contribution in [1.82, 2.24) is 4.90 Å². The molecule has 0 atom stereocenters. The molecule has 120 valence electrons. The maximum Gasteiger partial charge on any atom is 0.406 e. The molecule has 1 aromatic rings. The summed E-state index contributed by atoms with van der Waals surface area (Å²) in [5.41, 5.74) is 6.74. The van der Waals surface area contributed by atoms with Crippen molar-refractivity contribution in [3.8, 4) is 0 Å². The fourth-order valence-electron chi connectivity index (χ4n) is 1.78. The number of carbonyl (C=O) groups is 1. The third-order valence-corrected chi connectivity index (χ3v) is 2.84. The lowest BCUT2D eigenvalue weighted by Gasteiger charge is -2.24. The molecule has 21 heavy (non-hydrogen) atoms. The third-order valence-electron chi connectivity index (χ3n) is 2.84. The number of anilines is 1. The molecule has 0 heterocycles. The largest absolute Gasteiger partial charge is 0.406 e. The van der Waals surface area contributed by atoms with Gasteiger partial charge in [-0.3, -0.25) is 4.79 Å². The number of hydrogen-bond acceptors (Lipinski definition) is 2. The van der Waals surface area contributed by atoms with Crippen LogP contribution in [0.15, 0.2) is 24.3 Å². The number of nitrogens with two attached hydrogens (primary N) is 1. The van der Waals surface area contributed by atoms with Crippen molar-refractivity contribution in [1.29, 1.82) is 0 Å². The molecule has 0 saturated carbocycles. The van der Waals surface area contributed by atoms with Gasteiger partial charge in [0.2, 0.25) is 5.91 Å².